The van der Waals surface area contributed by atoms with Crippen LogP contribution in [0.15, 0.2) is 24.3 Å². The summed E-state index contributed by atoms with van der Waals surface area (Å²) >= 11 is 0. The number of ether oxygens (including phenoxy) is 1. The smallest absolute Gasteiger partial charge is 0.363 e. The van der Waals surface area contributed by atoms with Gasteiger partial charge in [-0.3, -0.25) is 4.79 Å². The summed E-state index contributed by atoms with van der Waals surface area (Å²) in [4.78, 5) is 11.6. The third-order valence-electron chi connectivity index (χ3n) is 3.35. The molecule has 1 aromatic rings. The highest BCUT2D eigenvalue weighted by atomic mass is 19.4. The maximum absolute atomic E-state index is 12.8. The summed E-state index contributed by atoms with van der Waals surface area (Å²) in [5.41, 5.74) is -1.06. The average molecular weight is 302 g/mol. The van der Waals surface area contributed by atoms with Crippen molar-refractivity contribution in [2.24, 2.45) is 0 Å². The molecule has 0 aromatic heterocycles. The van der Waals surface area contributed by atoms with Crippen LogP contribution in [0.3, 0.4) is 0 Å². The lowest BCUT2D eigenvalue weighted by Crippen LogP contribution is -2.59. The molecule has 116 valence electrons. The van der Waals surface area contributed by atoms with Crippen LogP contribution in [0.5, 0.6) is 0 Å². The Kier molecular flexibility index (Phi) is 4.53. The van der Waals surface area contributed by atoms with E-state index in [1.54, 1.807) is 0 Å². The van der Waals surface area contributed by atoms with Gasteiger partial charge in [0.1, 0.15) is 6.61 Å². The minimum absolute atomic E-state index is 0.0369. The lowest BCUT2D eigenvalue weighted by atomic mass is 10.0. The zero-order chi connectivity index (χ0) is 15.5. The normalized spacial score (nSPS) is 17.1. The van der Waals surface area contributed by atoms with E-state index in [9.17, 15) is 18.0 Å². The van der Waals surface area contributed by atoms with E-state index in [1.165, 1.54) is 18.2 Å². The second kappa shape index (κ2) is 6.03. The average Bonchev–Trinajstić information content (AvgIpc) is 2.40. The number of rotatable bonds is 5. The van der Waals surface area contributed by atoms with Crippen LogP contribution in [0.1, 0.15) is 18.1 Å². The van der Waals surface area contributed by atoms with Gasteiger partial charge in [-0.25, -0.2) is 0 Å². The molecule has 0 saturated carbocycles. The van der Waals surface area contributed by atoms with Gasteiger partial charge >= 0.3 is 6.18 Å². The van der Waals surface area contributed by atoms with Gasteiger partial charge < -0.3 is 15.4 Å². The number of hydrogen-bond donors (Lipinski definition) is 2. The maximum Gasteiger partial charge on any atom is 0.416 e. The minimum Gasteiger partial charge on any atom is -0.363 e. The monoisotopic (exact) mass is 302 g/mol. The Balaban J connectivity index is 1.86. The van der Waals surface area contributed by atoms with E-state index in [-0.39, 0.29) is 24.3 Å². The van der Waals surface area contributed by atoms with Gasteiger partial charge in [-0.2, -0.15) is 13.2 Å². The number of halogens is 3. The first kappa shape index (κ1) is 15.8. The van der Waals surface area contributed by atoms with Crippen LogP contribution in [0.2, 0.25) is 0 Å². The van der Waals surface area contributed by atoms with Crippen molar-refractivity contribution in [2.45, 2.75) is 25.2 Å². The standard InChI is InChI=1S/C14H17F3N2O2/c1-13(8-18-9-13)21-7-12(20)19-6-10-4-2-3-5-11(10)14(15,16)17/h2-5,18H,6-9H2,1H3,(H,19,20). The topological polar surface area (TPSA) is 50.4 Å². The minimum atomic E-state index is -4.43. The molecule has 1 aromatic carbocycles. The van der Waals surface area contributed by atoms with Gasteiger partial charge in [-0.15, -0.1) is 0 Å². The molecular formula is C14H17F3N2O2. The molecule has 1 saturated heterocycles. The van der Waals surface area contributed by atoms with Gasteiger partial charge in [-0.05, 0) is 18.6 Å². The zero-order valence-electron chi connectivity index (χ0n) is 11.6. The highest BCUT2D eigenvalue weighted by molar-refractivity contribution is 5.77. The molecule has 0 bridgehead atoms. The van der Waals surface area contributed by atoms with E-state index in [4.69, 9.17) is 4.74 Å². The number of benzene rings is 1. The van der Waals surface area contributed by atoms with Gasteiger partial charge in [0.05, 0.1) is 11.2 Å². The summed E-state index contributed by atoms with van der Waals surface area (Å²) in [7, 11) is 0. The van der Waals surface area contributed by atoms with Crippen molar-refractivity contribution in [1.82, 2.24) is 10.6 Å². The quantitative estimate of drug-likeness (QED) is 0.870. The van der Waals surface area contributed by atoms with Crippen molar-refractivity contribution in [3.05, 3.63) is 35.4 Å². The van der Waals surface area contributed by atoms with Crippen molar-refractivity contribution in [3.8, 4) is 0 Å². The van der Waals surface area contributed by atoms with Crippen molar-refractivity contribution in [3.63, 3.8) is 0 Å². The Labute approximate surface area is 120 Å². The molecule has 1 aliphatic heterocycles. The molecule has 1 amide bonds. The molecule has 7 heteroatoms. The molecule has 1 heterocycles. The number of alkyl halides is 3. The van der Waals surface area contributed by atoms with Crippen LogP contribution in [0, 0.1) is 0 Å². The van der Waals surface area contributed by atoms with Crippen LogP contribution in [0.25, 0.3) is 0 Å². The number of nitrogens with one attached hydrogen (secondary N) is 2. The van der Waals surface area contributed by atoms with E-state index in [2.05, 4.69) is 10.6 Å². The third-order valence-corrected chi connectivity index (χ3v) is 3.35. The Morgan fingerprint density at radius 2 is 2.05 bits per heavy atom. The van der Waals surface area contributed by atoms with E-state index in [1.807, 2.05) is 6.92 Å². The second-order valence-corrected chi connectivity index (χ2v) is 5.27. The van der Waals surface area contributed by atoms with Crippen LogP contribution in [-0.2, 0) is 22.3 Å². The Morgan fingerprint density at radius 3 is 2.62 bits per heavy atom. The molecule has 0 spiro atoms. The van der Waals surface area contributed by atoms with Crippen molar-refractivity contribution in [1.29, 1.82) is 0 Å². The molecule has 2 rings (SSSR count). The predicted molar refractivity (Wildman–Crippen MR) is 70.5 cm³/mol. The fourth-order valence-corrected chi connectivity index (χ4v) is 2.01. The van der Waals surface area contributed by atoms with Crippen LogP contribution in [-0.4, -0.2) is 31.2 Å². The number of carbonyl (C=O) groups excluding carboxylic acids is 1. The number of hydrogen-bond acceptors (Lipinski definition) is 3. The summed E-state index contributed by atoms with van der Waals surface area (Å²) in [6.07, 6.45) is -4.43. The first-order valence-electron chi connectivity index (χ1n) is 6.57. The predicted octanol–water partition coefficient (Wildman–Crippen LogP) is 1.70. The van der Waals surface area contributed by atoms with E-state index >= 15 is 0 Å². The molecule has 21 heavy (non-hydrogen) atoms. The van der Waals surface area contributed by atoms with Crippen molar-refractivity contribution < 1.29 is 22.7 Å². The molecule has 0 radical (unpaired) electrons. The third kappa shape index (κ3) is 4.18. The van der Waals surface area contributed by atoms with Gasteiger partial charge in [0, 0.05) is 19.6 Å². The van der Waals surface area contributed by atoms with E-state index in [0.717, 1.165) is 6.07 Å². The number of carbonyl (C=O) groups is 1. The molecule has 1 fully saturated rings. The molecule has 4 nitrogen and oxygen atoms in total. The maximum atomic E-state index is 12.8. The molecule has 2 N–H and O–H groups in total. The number of amides is 1. The largest absolute Gasteiger partial charge is 0.416 e. The Morgan fingerprint density at radius 1 is 1.38 bits per heavy atom. The lowest BCUT2D eigenvalue weighted by molar-refractivity contribution is -0.139. The van der Waals surface area contributed by atoms with Gasteiger partial charge in [-0.1, -0.05) is 18.2 Å². The van der Waals surface area contributed by atoms with E-state index < -0.39 is 17.6 Å². The molecule has 0 unspecified atom stereocenters. The van der Waals surface area contributed by atoms with Crippen LogP contribution in [0.4, 0.5) is 13.2 Å². The van der Waals surface area contributed by atoms with Gasteiger partial charge in [0.2, 0.25) is 5.91 Å². The summed E-state index contributed by atoms with van der Waals surface area (Å²) in [6, 6.07) is 5.18. The summed E-state index contributed by atoms with van der Waals surface area (Å²) in [5.74, 6) is -0.430. The second-order valence-electron chi connectivity index (χ2n) is 5.27. The lowest BCUT2D eigenvalue weighted by Gasteiger charge is -2.38. The zero-order valence-corrected chi connectivity index (χ0v) is 11.6. The van der Waals surface area contributed by atoms with Crippen LogP contribution < -0.4 is 10.6 Å². The molecular weight excluding hydrogens is 285 g/mol. The van der Waals surface area contributed by atoms with Gasteiger partial charge in [0.15, 0.2) is 0 Å². The van der Waals surface area contributed by atoms with Crippen LogP contribution >= 0.6 is 0 Å². The Bertz CT molecular complexity index is 513. The summed E-state index contributed by atoms with van der Waals surface area (Å²) < 4.78 is 43.8. The molecule has 1 aliphatic rings. The molecule has 0 aliphatic carbocycles. The van der Waals surface area contributed by atoms with Gasteiger partial charge in [0.25, 0.3) is 0 Å². The van der Waals surface area contributed by atoms with E-state index in [0.29, 0.717) is 13.1 Å². The first-order valence-corrected chi connectivity index (χ1v) is 6.57. The first-order chi connectivity index (χ1) is 9.80. The Hall–Kier alpha value is -1.60. The van der Waals surface area contributed by atoms with Crippen molar-refractivity contribution >= 4 is 5.91 Å². The fourth-order valence-electron chi connectivity index (χ4n) is 2.01. The molecule has 0 atom stereocenters. The summed E-state index contributed by atoms with van der Waals surface area (Å²) in [6.45, 7) is 2.86. The highest BCUT2D eigenvalue weighted by Gasteiger charge is 2.34. The van der Waals surface area contributed by atoms with Crippen molar-refractivity contribution in [2.75, 3.05) is 19.7 Å². The highest BCUT2D eigenvalue weighted by Crippen LogP contribution is 2.31. The SMILES string of the molecule is CC1(OCC(=O)NCc2ccccc2C(F)(F)F)CNC1. The fraction of sp³-hybridized carbons (Fsp3) is 0.500. The summed E-state index contributed by atoms with van der Waals surface area (Å²) in [5, 5.41) is 5.47.